The van der Waals surface area contributed by atoms with Crippen LogP contribution in [0.1, 0.15) is 12.8 Å². The minimum Gasteiger partial charge on any atom is -0.406 e. The lowest BCUT2D eigenvalue weighted by molar-refractivity contribution is -0.274. The quantitative estimate of drug-likeness (QED) is 0.772. The molecule has 9 heteroatoms. The van der Waals surface area contributed by atoms with Crippen LogP contribution in [0.5, 0.6) is 5.75 Å². The Balaban J connectivity index is 1.90. The summed E-state index contributed by atoms with van der Waals surface area (Å²) in [5.41, 5.74) is 6.11. The number of carbonyl (C=O) groups is 1. The zero-order chi connectivity index (χ0) is 18.4. The number of ether oxygens (including phenoxy) is 2. The summed E-state index contributed by atoms with van der Waals surface area (Å²) < 4.78 is 46.0. The fourth-order valence-electron chi connectivity index (χ4n) is 2.75. The average Bonchev–Trinajstić information content (AvgIpc) is 2.99. The lowest BCUT2D eigenvalue weighted by Gasteiger charge is -2.20. The van der Waals surface area contributed by atoms with Crippen LogP contribution in [0.2, 0.25) is 0 Å². The Bertz CT molecular complexity index is 579. The molecular formula is C16H22F3N3O3. The van der Waals surface area contributed by atoms with Gasteiger partial charge < -0.3 is 25.4 Å². The maximum absolute atomic E-state index is 12.3. The molecule has 1 aromatic carbocycles. The van der Waals surface area contributed by atoms with Crippen LogP contribution in [0.25, 0.3) is 0 Å². The van der Waals surface area contributed by atoms with Crippen LogP contribution >= 0.6 is 0 Å². The molecule has 1 aliphatic heterocycles. The maximum Gasteiger partial charge on any atom is 0.573 e. The third-order valence-corrected chi connectivity index (χ3v) is 3.98. The summed E-state index contributed by atoms with van der Waals surface area (Å²) in [6, 6.07) is 5.74. The minimum absolute atomic E-state index is 0.0741. The van der Waals surface area contributed by atoms with Crippen molar-refractivity contribution in [2.24, 2.45) is 5.73 Å². The van der Waals surface area contributed by atoms with Crippen molar-refractivity contribution in [1.82, 2.24) is 5.32 Å². The lowest BCUT2D eigenvalue weighted by atomic mass is 10.2. The Labute approximate surface area is 144 Å². The van der Waals surface area contributed by atoms with Crippen molar-refractivity contribution < 1.29 is 27.4 Å². The highest BCUT2D eigenvalue weighted by Crippen LogP contribution is 2.28. The minimum atomic E-state index is -4.72. The molecule has 2 unspecified atom stereocenters. The molecule has 25 heavy (non-hydrogen) atoms. The van der Waals surface area contributed by atoms with Gasteiger partial charge in [0, 0.05) is 44.5 Å². The van der Waals surface area contributed by atoms with Gasteiger partial charge in [0.1, 0.15) is 5.75 Å². The molecule has 0 spiro atoms. The van der Waals surface area contributed by atoms with Gasteiger partial charge in [-0.05, 0) is 18.6 Å². The number of nitrogens with two attached hydrogens (primary N) is 1. The second-order valence-corrected chi connectivity index (χ2v) is 5.84. The number of halogens is 3. The van der Waals surface area contributed by atoms with E-state index >= 15 is 0 Å². The van der Waals surface area contributed by atoms with Gasteiger partial charge in [-0.1, -0.05) is 6.07 Å². The summed E-state index contributed by atoms with van der Waals surface area (Å²) >= 11 is 0. The van der Waals surface area contributed by atoms with Gasteiger partial charge >= 0.3 is 6.36 Å². The molecule has 0 bridgehead atoms. The highest BCUT2D eigenvalue weighted by Gasteiger charge is 2.31. The molecule has 0 aromatic heterocycles. The molecule has 2 rings (SSSR count). The van der Waals surface area contributed by atoms with E-state index in [9.17, 15) is 18.0 Å². The van der Waals surface area contributed by atoms with Gasteiger partial charge in [-0.25, -0.2) is 0 Å². The summed E-state index contributed by atoms with van der Waals surface area (Å²) in [6.45, 7) is 1.40. The molecule has 3 N–H and O–H groups in total. The first-order chi connectivity index (χ1) is 11.8. The lowest BCUT2D eigenvalue weighted by Crippen LogP contribution is -2.39. The predicted molar refractivity (Wildman–Crippen MR) is 86.4 cm³/mol. The van der Waals surface area contributed by atoms with Crippen molar-refractivity contribution in [3.8, 4) is 5.75 Å². The van der Waals surface area contributed by atoms with Crippen LogP contribution in [0, 0.1) is 0 Å². The third kappa shape index (κ3) is 6.09. The molecular weight excluding hydrogens is 339 g/mol. The van der Waals surface area contributed by atoms with Crippen LogP contribution in [-0.4, -0.2) is 51.2 Å². The molecule has 1 heterocycles. The number of hydrogen-bond acceptors (Lipinski definition) is 5. The number of nitrogens with one attached hydrogen (secondary N) is 1. The number of methoxy groups -OCH3 is 1. The molecule has 1 saturated heterocycles. The first kappa shape index (κ1) is 19.3. The molecule has 6 nitrogen and oxygen atoms in total. The Kier molecular flexibility index (Phi) is 6.49. The normalized spacial score (nSPS) is 18.9. The molecule has 0 radical (unpaired) electrons. The maximum atomic E-state index is 12.3. The monoisotopic (exact) mass is 361 g/mol. The molecule has 1 amide bonds. The molecule has 140 valence electrons. The Morgan fingerprint density at radius 3 is 2.88 bits per heavy atom. The van der Waals surface area contributed by atoms with Crippen LogP contribution in [0.4, 0.5) is 18.9 Å². The molecule has 0 saturated carbocycles. The second kappa shape index (κ2) is 8.39. The number of nitrogens with zero attached hydrogens (tertiary/aromatic N) is 1. The SMILES string of the molecule is COC(CN)CC(=O)NC1CCN(c2cccc(OC(F)(F)F)c2)C1. The Morgan fingerprint density at radius 1 is 1.48 bits per heavy atom. The summed E-state index contributed by atoms with van der Waals surface area (Å²) in [5.74, 6) is -0.415. The number of rotatable bonds is 7. The van der Waals surface area contributed by atoms with Crippen LogP contribution in [-0.2, 0) is 9.53 Å². The summed E-state index contributed by atoms with van der Waals surface area (Å²) in [7, 11) is 1.50. The van der Waals surface area contributed by atoms with Crippen molar-refractivity contribution in [3.63, 3.8) is 0 Å². The van der Waals surface area contributed by atoms with Gasteiger partial charge in [-0.3, -0.25) is 4.79 Å². The highest BCUT2D eigenvalue weighted by molar-refractivity contribution is 5.77. The standard InChI is InChI=1S/C16H22F3N3O3/c1-24-14(9-20)8-15(23)21-11-5-6-22(10-11)12-3-2-4-13(7-12)25-16(17,18)19/h2-4,7,11,14H,5-6,8-10,20H2,1H3,(H,21,23). The number of alkyl halides is 3. The third-order valence-electron chi connectivity index (χ3n) is 3.98. The molecule has 0 aliphatic carbocycles. The number of hydrogen-bond donors (Lipinski definition) is 2. The zero-order valence-electron chi connectivity index (χ0n) is 13.9. The van der Waals surface area contributed by atoms with E-state index in [1.54, 1.807) is 6.07 Å². The van der Waals surface area contributed by atoms with E-state index < -0.39 is 6.36 Å². The molecule has 1 fully saturated rings. The van der Waals surface area contributed by atoms with Crippen molar-refractivity contribution in [2.45, 2.75) is 31.3 Å². The number of carbonyl (C=O) groups excluding carboxylic acids is 1. The van der Waals surface area contributed by atoms with Crippen molar-refractivity contribution in [2.75, 3.05) is 31.6 Å². The van der Waals surface area contributed by atoms with E-state index in [2.05, 4.69) is 10.1 Å². The first-order valence-electron chi connectivity index (χ1n) is 7.93. The molecule has 2 atom stereocenters. The molecule has 1 aliphatic rings. The average molecular weight is 361 g/mol. The first-order valence-corrected chi connectivity index (χ1v) is 7.93. The van der Waals surface area contributed by atoms with E-state index in [0.717, 1.165) is 0 Å². The van der Waals surface area contributed by atoms with E-state index in [1.165, 1.54) is 25.3 Å². The van der Waals surface area contributed by atoms with Crippen molar-refractivity contribution in [3.05, 3.63) is 24.3 Å². The van der Waals surface area contributed by atoms with Gasteiger partial charge in [0.05, 0.1) is 12.5 Å². The zero-order valence-corrected chi connectivity index (χ0v) is 13.9. The predicted octanol–water partition coefficient (Wildman–Crippen LogP) is 1.64. The van der Waals surface area contributed by atoms with E-state index in [-0.39, 0.29) is 36.8 Å². The number of amides is 1. The van der Waals surface area contributed by atoms with Crippen molar-refractivity contribution >= 4 is 11.6 Å². The number of anilines is 1. The van der Waals surface area contributed by atoms with Crippen molar-refractivity contribution in [1.29, 1.82) is 0 Å². The second-order valence-electron chi connectivity index (χ2n) is 5.84. The smallest absolute Gasteiger partial charge is 0.406 e. The summed E-state index contributed by atoms with van der Waals surface area (Å²) in [6.07, 6.45) is -4.16. The summed E-state index contributed by atoms with van der Waals surface area (Å²) in [5, 5.41) is 2.90. The van der Waals surface area contributed by atoms with E-state index in [4.69, 9.17) is 10.5 Å². The van der Waals surface area contributed by atoms with Crippen LogP contribution in [0.3, 0.4) is 0 Å². The largest absolute Gasteiger partial charge is 0.573 e. The van der Waals surface area contributed by atoms with Gasteiger partial charge in [-0.15, -0.1) is 13.2 Å². The topological polar surface area (TPSA) is 76.8 Å². The van der Waals surface area contributed by atoms with Gasteiger partial charge in [0.15, 0.2) is 0 Å². The van der Waals surface area contributed by atoms with Crippen LogP contribution in [0.15, 0.2) is 24.3 Å². The highest BCUT2D eigenvalue weighted by atomic mass is 19.4. The van der Waals surface area contributed by atoms with Gasteiger partial charge in [0.2, 0.25) is 5.91 Å². The van der Waals surface area contributed by atoms with E-state index in [1.807, 2.05) is 4.90 Å². The Hall–Kier alpha value is -2.00. The number of benzene rings is 1. The Morgan fingerprint density at radius 2 is 2.24 bits per heavy atom. The van der Waals surface area contributed by atoms with E-state index in [0.29, 0.717) is 25.2 Å². The fourth-order valence-corrected chi connectivity index (χ4v) is 2.75. The summed E-state index contributed by atoms with van der Waals surface area (Å²) in [4.78, 5) is 13.9. The van der Waals surface area contributed by atoms with Gasteiger partial charge in [0.25, 0.3) is 0 Å². The molecule has 1 aromatic rings. The van der Waals surface area contributed by atoms with Gasteiger partial charge in [-0.2, -0.15) is 0 Å². The fraction of sp³-hybridized carbons (Fsp3) is 0.562. The van der Waals surface area contributed by atoms with Crippen LogP contribution < -0.4 is 20.7 Å².